The van der Waals surface area contributed by atoms with Gasteiger partial charge in [-0.3, -0.25) is 0 Å². The Morgan fingerprint density at radius 1 is 1.38 bits per heavy atom. The molecule has 1 aliphatic rings. The fourth-order valence-electron chi connectivity index (χ4n) is 3.39. The number of rotatable bonds is 4. The summed E-state index contributed by atoms with van der Waals surface area (Å²) >= 11 is 9.15. The Hall–Kier alpha value is -0.610. The van der Waals surface area contributed by atoms with E-state index in [4.69, 9.17) is 11.6 Å². The van der Waals surface area contributed by atoms with Gasteiger partial charge in [0, 0.05) is 24.9 Å². The van der Waals surface area contributed by atoms with Crippen molar-refractivity contribution in [2.24, 2.45) is 5.41 Å². The molecule has 0 N–H and O–H groups in total. The Kier molecular flexibility index (Phi) is 4.28. The summed E-state index contributed by atoms with van der Waals surface area (Å²) in [6.07, 6.45) is 5.74. The minimum absolute atomic E-state index is 0.238. The Labute approximate surface area is 137 Å². The molecule has 0 saturated heterocycles. The average molecular weight is 374 g/mol. The first kappa shape index (κ1) is 15.3. The number of aromatic nitrogens is 2. The van der Waals surface area contributed by atoms with E-state index in [1.807, 2.05) is 0 Å². The Morgan fingerprint density at radius 3 is 2.76 bits per heavy atom. The molecule has 0 amide bonds. The number of hydrogen-bond acceptors (Lipinski definition) is 1. The minimum atomic E-state index is -0.238. The average Bonchev–Trinajstić information content (AvgIpc) is 2.98. The third kappa shape index (κ3) is 2.98. The molecule has 114 valence electrons. The number of nitrogens with zero attached hydrogens (tertiary/aromatic N) is 2. The van der Waals surface area contributed by atoms with Gasteiger partial charge in [0.15, 0.2) is 0 Å². The summed E-state index contributed by atoms with van der Waals surface area (Å²) < 4.78 is 16.6. The number of hydrogen-bond donors (Lipinski definition) is 0. The van der Waals surface area contributed by atoms with Gasteiger partial charge in [0.2, 0.25) is 0 Å². The molecule has 1 aliphatic carbocycles. The van der Waals surface area contributed by atoms with Crippen LogP contribution < -0.4 is 0 Å². The van der Waals surface area contributed by atoms with Crippen LogP contribution in [0, 0.1) is 11.2 Å². The molecule has 3 rings (SSSR count). The molecule has 0 radical (unpaired) electrons. The molecule has 21 heavy (non-hydrogen) atoms. The lowest BCUT2D eigenvalue weighted by molar-refractivity contribution is 0.282. The predicted molar refractivity (Wildman–Crippen MR) is 88.4 cm³/mol. The second-order valence-electron chi connectivity index (χ2n) is 6.33. The summed E-state index contributed by atoms with van der Waals surface area (Å²) in [6.45, 7) is 3.22. The molecule has 1 saturated carbocycles. The minimum Gasteiger partial charge on any atom is -0.327 e. The topological polar surface area (TPSA) is 17.8 Å². The highest BCUT2D eigenvalue weighted by molar-refractivity contribution is 9.10. The third-order valence-corrected chi connectivity index (χ3v) is 5.33. The number of aryl methyl sites for hydroxylation is 1. The maximum atomic E-state index is 13.9. The number of benzene rings is 1. The molecular formula is C16H19BrClFN2. The number of fused-ring (bicyclic) bond motifs is 1. The van der Waals surface area contributed by atoms with Gasteiger partial charge in [0.05, 0.1) is 15.5 Å². The van der Waals surface area contributed by atoms with Crippen LogP contribution in [0.4, 0.5) is 4.39 Å². The van der Waals surface area contributed by atoms with Crippen molar-refractivity contribution in [1.82, 2.24) is 9.55 Å². The second kappa shape index (κ2) is 5.88. The van der Waals surface area contributed by atoms with Gasteiger partial charge in [-0.2, -0.15) is 0 Å². The lowest BCUT2D eigenvalue weighted by Gasteiger charge is -2.25. The fourth-order valence-corrected chi connectivity index (χ4v) is 3.89. The summed E-state index contributed by atoms with van der Waals surface area (Å²) in [4.78, 5) is 4.66. The Morgan fingerprint density at radius 2 is 2.10 bits per heavy atom. The van der Waals surface area contributed by atoms with Gasteiger partial charge in [-0.25, -0.2) is 9.37 Å². The molecular weight excluding hydrogens is 355 g/mol. The first-order valence-corrected chi connectivity index (χ1v) is 8.75. The SMILES string of the molecule is CC1(Cn2c(CCCl)nc3cc(Br)c(F)cc32)CCCC1. The maximum Gasteiger partial charge on any atom is 0.139 e. The summed E-state index contributed by atoms with van der Waals surface area (Å²) in [5.41, 5.74) is 2.01. The molecule has 2 nitrogen and oxygen atoms in total. The van der Waals surface area contributed by atoms with E-state index in [0.29, 0.717) is 16.8 Å². The zero-order chi connectivity index (χ0) is 15.0. The van der Waals surface area contributed by atoms with Crippen LogP contribution in [-0.2, 0) is 13.0 Å². The number of imidazole rings is 1. The highest BCUT2D eigenvalue weighted by Gasteiger charge is 2.30. The standard InChI is InChI=1S/C16H19BrClFN2/c1-16(5-2-3-6-16)10-21-14-9-12(19)11(17)8-13(14)20-15(21)4-7-18/h8-9H,2-7,10H2,1H3. The van der Waals surface area contributed by atoms with Crippen LogP contribution >= 0.6 is 27.5 Å². The summed E-state index contributed by atoms with van der Waals surface area (Å²) in [6, 6.07) is 3.35. The molecule has 0 unspecified atom stereocenters. The van der Waals surface area contributed by atoms with Gasteiger partial charge in [-0.05, 0) is 40.3 Å². The predicted octanol–water partition coefficient (Wildman–Crippen LogP) is 5.30. The fraction of sp³-hybridized carbons (Fsp3) is 0.562. The first-order valence-electron chi connectivity index (χ1n) is 7.42. The normalized spacial score (nSPS) is 17.7. The molecule has 5 heteroatoms. The van der Waals surface area contributed by atoms with Gasteiger partial charge in [0.25, 0.3) is 0 Å². The van der Waals surface area contributed by atoms with Crippen LogP contribution in [0.3, 0.4) is 0 Å². The van der Waals surface area contributed by atoms with Crippen molar-refractivity contribution < 1.29 is 4.39 Å². The van der Waals surface area contributed by atoms with Crippen molar-refractivity contribution in [3.05, 3.63) is 28.2 Å². The Balaban J connectivity index is 2.08. The molecule has 2 aromatic rings. The summed E-state index contributed by atoms with van der Waals surface area (Å²) in [5.74, 6) is 1.26. The lowest BCUT2D eigenvalue weighted by Crippen LogP contribution is -2.21. The van der Waals surface area contributed by atoms with Gasteiger partial charge in [-0.15, -0.1) is 11.6 Å². The second-order valence-corrected chi connectivity index (χ2v) is 7.56. The van der Waals surface area contributed by atoms with E-state index in [9.17, 15) is 4.39 Å². The van der Waals surface area contributed by atoms with Crippen molar-refractivity contribution in [1.29, 1.82) is 0 Å². The van der Waals surface area contributed by atoms with Gasteiger partial charge in [0.1, 0.15) is 11.6 Å². The molecule has 0 spiro atoms. The monoisotopic (exact) mass is 372 g/mol. The zero-order valence-corrected chi connectivity index (χ0v) is 14.5. The van der Waals surface area contributed by atoms with Crippen LogP contribution in [0.2, 0.25) is 0 Å². The molecule has 0 atom stereocenters. The van der Waals surface area contributed by atoms with Gasteiger partial charge < -0.3 is 4.57 Å². The molecule has 1 aromatic carbocycles. The van der Waals surface area contributed by atoms with E-state index >= 15 is 0 Å². The first-order chi connectivity index (χ1) is 10.0. The van der Waals surface area contributed by atoms with Crippen molar-refractivity contribution in [2.75, 3.05) is 5.88 Å². The largest absolute Gasteiger partial charge is 0.327 e. The molecule has 1 heterocycles. The quantitative estimate of drug-likeness (QED) is 0.665. The van der Waals surface area contributed by atoms with E-state index < -0.39 is 0 Å². The Bertz CT molecular complexity index is 662. The van der Waals surface area contributed by atoms with E-state index in [1.165, 1.54) is 25.7 Å². The highest BCUT2D eigenvalue weighted by atomic mass is 79.9. The molecule has 0 bridgehead atoms. The smallest absolute Gasteiger partial charge is 0.139 e. The molecule has 0 aliphatic heterocycles. The van der Waals surface area contributed by atoms with Crippen molar-refractivity contribution in [3.63, 3.8) is 0 Å². The third-order valence-electron chi connectivity index (χ3n) is 4.54. The van der Waals surface area contributed by atoms with Crippen LogP contribution in [0.15, 0.2) is 16.6 Å². The van der Waals surface area contributed by atoms with Gasteiger partial charge in [-0.1, -0.05) is 19.8 Å². The van der Waals surface area contributed by atoms with E-state index in [1.54, 1.807) is 12.1 Å². The highest BCUT2D eigenvalue weighted by Crippen LogP contribution is 2.40. The van der Waals surface area contributed by atoms with Crippen LogP contribution in [0.5, 0.6) is 0 Å². The van der Waals surface area contributed by atoms with Crippen molar-refractivity contribution >= 4 is 38.6 Å². The molecule has 1 aromatic heterocycles. The maximum absolute atomic E-state index is 13.9. The van der Waals surface area contributed by atoms with Crippen molar-refractivity contribution in [2.45, 2.75) is 45.6 Å². The number of alkyl halides is 1. The van der Waals surface area contributed by atoms with Crippen LogP contribution in [0.25, 0.3) is 11.0 Å². The van der Waals surface area contributed by atoms with E-state index in [-0.39, 0.29) is 11.2 Å². The molecule has 1 fully saturated rings. The lowest BCUT2D eigenvalue weighted by atomic mass is 9.88. The number of halogens is 3. The summed E-state index contributed by atoms with van der Waals surface area (Å²) in [7, 11) is 0. The van der Waals surface area contributed by atoms with E-state index in [0.717, 1.165) is 23.4 Å². The summed E-state index contributed by atoms with van der Waals surface area (Å²) in [5, 5.41) is 0. The van der Waals surface area contributed by atoms with Crippen LogP contribution in [-0.4, -0.2) is 15.4 Å². The van der Waals surface area contributed by atoms with Crippen LogP contribution in [0.1, 0.15) is 38.4 Å². The van der Waals surface area contributed by atoms with Crippen molar-refractivity contribution in [3.8, 4) is 0 Å². The van der Waals surface area contributed by atoms with Gasteiger partial charge >= 0.3 is 0 Å². The van der Waals surface area contributed by atoms with E-state index in [2.05, 4.69) is 32.4 Å². The zero-order valence-electron chi connectivity index (χ0n) is 12.1.